The van der Waals surface area contributed by atoms with Crippen LogP contribution in [0.3, 0.4) is 0 Å². The van der Waals surface area contributed by atoms with E-state index < -0.39 is 6.04 Å². The first-order valence-electron chi connectivity index (χ1n) is 8.52. The van der Waals surface area contributed by atoms with Crippen molar-refractivity contribution in [2.75, 3.05) is 12.1 Å². The molecule has 6 heteroatoms. The quantitative estimate of drug-likeness (QED) is 0.865. The second-order valence-corrected chi connectivity index (χ2v) is 6.62. The zero-order chi connectivity index (χ0) is 18.7. The van der Waals surface area contributed by atoms with E-state index in [1.165, 1.54) is 0 Å². The summed E-state index contributed by atoms with van der Waals surface area (Å²) in [6, 6.07) is 11.8. The number of carbonyl (C=O) groups excluding carboxylic acids is 2. The Hall–Kier alpha value is -3.02. The predicted octanol–water partition coefficient (Wildman–Crippen LogP) is 3.12. The first-order valence-corrected chi connectivity index (χ1v) is 8.52. The van der Waals surface area contributed by atoms with Gasteiger partial charge in [0.15, 0.2) is 11.5 Å². The van der Waals surface area contributed by atoms with Gasteiger partial charge in [-0.3, -0.25) is 9.59 Å². The minimum absolute atomic E-state index is 0.0715. The first-order chi connectivity index (χ1) is 12.4. The maximum absolute atomic E-state index is 12.7. The van der Waals surface area contributed by atoms with Gasteiger partial charge in [-0.1, -0.05) is 31.5 Å². The lowest BCUT2D eigenvalue weighted by atomic mass is 10.0. The van der Waals surface area contributed by atoms with Crippen molar-refractivity contribution in [3.8, 4) is 11.5 Å². The van der Waals surface area contributed by atoms with E-state index in [-0.39, 0.29) is 24.5 Å². The highest BCUT2D eigenvalue weighted by atomic mass is 16.7. The van der Waals surface area contributed by atoms with Gasteiger partial charge in [-0.25, -0.2) is 0 Å². The van der Waals surface area contributed by atoms with Crippen LogP contribution in [0.4, 0.5) is 5.69 Å². The van der Waals surface area contributed by atoms with Crippen LogP contribution in [0.25, 0.3) is 0 Å². The van der Waals surface area contributed by atoms with E-state index in [2.05, 4.69) is 10.6 Å². The number of benzene rings is 2. The molecule has 0 aromatic heterocycles. The summed E-state index contributed by atoms with van der Waals surface area (Å²) in [5.41, 5.74) is 2.12. The van der Waals surface area contributed by atoms with Gasteiger partial charge in [0.2, 0.25) is 12.7 Å². The molecule has 0 saturated carbocycles. The fourth-order valence-corrected chi connectivity index (χ4v) is 2.74. The Morgan fingerprint density at radius 2 is 1.81 bits per heavy atom. The van der Waals surface area contributed by atoms with E-state index in [0.29, 0.717) is 22.7 Å². The molecule has 0 aliphatic carbocycles. The Morgan fingerprint density at radius 3 is 2.54 bits per heavy atom. The number of carbonyl (C=O) groups is 2. The van der Waals surface area contributed by atoms with Crippen LogP contribution in [0.2, 0.25) is 0 Å². The average molecular weight is 354 g/mol. The molecule has 3 rings (SSSR count). The van der Waals surface area contributed by atoms with Crippen LogP contribution in [-0.4, -0.2) is 24.6 Å². The Balaban J connectivity index is 1.71. The zero-order valence-corrected chi connectivity index (χ0v) is 15.0. The maximum Gasteiger partial charge on any atom is 0.251 e. The molecule has 2 aromatic rings. The van der Waals surface area contributed by atoms with Crippen molar-refractivity contribution in [2.24, 2.45) is 5.92 Å². The van der Waals surface area contributed by atoms with E-state index in [0.717, 1.165) is 5.56 Å². The lowest BCUT2D eigenvalue weighted by Crippen LogP contribution is -2.47. The summed E-state index contributed by atoms with van der Waals surface area (Å²) in [5, 5.41) is 5.66. The van der Waals surface area contributed by atoms with Gasteiger partial charge in [0, 0.05) is 17.3 Å². The van der Waals surface area contributed by atoms with Crippen molar-refractivity contribution in [1.82, 2.24) is 5.32 Å². The molecule has 0 fully saturated rings. The number of aryl methyl sites for hydroxylation is 1. The standard InChI is InChI=1S/C20H22N2O4/c1-12(2)18(22-19(23)14-6-4-5-13(3)9-14)20(24)21-15-7-8-16-17(10-15)26-11-25-16/h4-10,12,18H,11H2,1-3H3,(H,21,24)(H,22,23)/t18-/m0/s1. The molecule has 0 bridgehead atoms. The number of amides is 2. The summed E-state index contributed by atoms with van der Waals surface area (Å²) in [5.74, 6) is 0.620. The van der Waals surface area contributed by atoms with Crippen LogP contribution >= 0.6 is 0 Å². The van der Waals surface area contributed by atoms with Crippen LogP contribution in [0.1, 0.15) is 29.8 Å². The van der Waals surface area contributed by atoms with Gasteiger partial charge in [0.1, 0.15) is 6.04 Å². The number of hydrogen-bond acceptors (Lipinski definition) is 4. The molecular weight excluding hydrogens is 332 g/mol. The van der Waals surface area contributed by atoms with E-state index >= 15 is 0 Å². The fourth-order valence-electron chi connectivity index (χ4n) is 2.74. The molecule has 1 heterocycles. The minimum Gasteiger partial charge on any atom is -0.454 e. The summed E-state index contributed by atoms with van der Waals surface area (Å²) in [7, 11) is 0. The van der Waals surface area contributed by atoms with E-state index in [4.69, 9.17) is 9.47 Å². The molecule has 26 heavy (non-hydrogen) atoms. The first kappa shape index (κ1) is 17.8. The van der Waals surface area contributed by atoms with Crippen LogP contribution < -0.4 is 20.1 Å². The number of nitrogens with one attached hydrogen (secondary N) is 2. The topological polar surface area (TPSA) is 76.7 Å². The Labute approximate surface area is 152 Å². The monoisotopic (exact) mass is 354 g/mol. The second-order valence-electron chi connectivity index (χ2n) is 6.62. The van der Waals surface area contributed by atoms with Crippen molar-refractivity contribution < 1.29 is 19.1 Å². The molecule has 0 spiro atoms. The van der Waals surface area contributed by atoms with Gasteiger partial charge in [-0.2, -0.15) is 0 Å². The molecular formula is C20H22N2O4. The molecule has 0 radical (unpaired) electrons. The maximum atomic E-state index is 12.7. The third-order valence-electron chi connectivity index (χ3n) is 4.16. The molecule has 2 aromatic carbocycles. The van der Waals surface area contributed by atoms with Crippen molar-refractivity contribution in [3.05, 3.63) is 53.6 Å². The third-order valence-corrected chi connectivity index (χ3v) is 4.16. The molecule has 2 N–H and O–H groups in total. The van der Waals surface area contributed by atoms with Crippen LogP contribution in [0.15, 0.2) is 42.5 Å². The Bertz CT molecular complexity index is 832. The van der Waals surface area contributed by atoms with E-state index in [1.807, 2.05) is 32.9 Å². The number of fused-ring (bicyclic) bond motifs is 1. The molecule has 0 unspecified atom stereocenters. The summed E-state index contributed by atoms with van der Waals surface area (Å²) in [4.78, 5) is 25.2. The van der Waals surface area contributed by atoms with E-state index in [9.17, 15) is 9.59 Å². The Morgan fingerprint density at radius 1 is 1.04 bits per heavy atom. The van der Waals surface area contributed by atoms with Gasteiger partial charge in [-0.05, 0) is 37.1 Å². The van der Waals surface area contributed by atoms with Crippen LogP contribution in [0.5, 0.6) is 11.5 Å². The van der Waals surface area contributed by atoms with Gasteiger partial charge in [-0.15, -0.1) is 0 Å². The number of hydrogen-bond donors (Lipinski definition) is 2. The molecule has 1 aliphatic rings. The SMILES string of the molecule is Cc1cccc(C(=O)N[C@H](C(=O)Nc2ccc3c(c2)OCO3)C(C)C)c1. The van der Waals surface area contributed by atoms with Gasteiger partial charge >= 0.3 is 0 Å². The summed E-state index contributed by atoms with van der Waals surface area (Å²) in [6.07, 6.45) is 0. The van der Waals surface area contributed by atoms with Crippen molar-refractivity contribution in [2.45, 2.75) is 26.8 Å². The molecule has 0 saturated heterocycles. The smallest absolute Gasteiger partial charge is 0.251 e. The number of ether oxygens (including phenoxy) is 2. The highest BCUT2D eigenvalue weighted by molar-refractivity contribution is 6.01. The number of anilines is 1. The van der Waals surface area contributed by atoms with Crippen molar-refractivity contribution in [3.63, 3.8) is 0 Å². The average Bonchev–Trinajstić information content (AvgIpc) is 3.06. The van der Waals surface area contributed by atoms with Crippen LogP contribution in [0, 0.1) is 12.8 Å². The number of rotatable bonds is 5. The normalized spacial score (nSPS) is 13.4. The summed E-state index contributed by atoms with van der Waals surface area (Å²) in [6.45, 7) is 5.87. The predicted molar refractivity (Wildman–Crippen MR) is 98.5 cm³/mol. The Kier molecular flexibility index (Phi) is 5.11. The largest absolute Gasteiger partial charge is 0.454 e. The van der Waals surface area contributed by atoms with Crippen LogP contribution in [-0.2, 0) is 4.79 Å². The highest BCUT2D eigenvalue weighted by Crippen LogP contribution is 2.34. The molecule has 136 valence electrons. The lowest BCUT2D eigenvalue weighted by molar-refractivity contribution is -0.118. The van der Waals surface area contributed by atoms with Crippen molar-refractivity contribution >= 4 is 17.5 Å². The molecule has 1 aliphatic heterocycles. The fraction of sp³-hybridized carbons (Fsp3) is 0.300. The lowest BCUT2D eigenvalue weighted by Gasteiger charge is -2.22. The van der Waals surface area contributed by atoms with Crippen molar-refractivity contribution in [1.29, 1.82) is 0 Å². The third kappa shape index (κ3) is 3.96. The summed E-state index contributed by atoms with van der Waals surface area (Å²) >= 11 is 0. The molecule has 1 atom stereocenters. The summed E-state index contributed by atoms with van der Waals surface area (Å²) < 4.78 is 10.6. The highest BCUT2D eigenvalue weighted by Gasteiger charge is 2.25. The van der Waals surface area contributed by atoms with Gasteiger partial charge in [0.25, 0.3) is 5.91 Å². The molecule has 2 amide bonds. The van der Waals surface area contributed by atoms with Gasteiger partial charge < -0.3 is 20.1 Å². The zero-order valence-electron chi connectivity index (χ0n) is 15.0. The minimum atomic E-state index is -0.659. The molecule has 6 nitrogen and oxygen atoms in total. The van der Waals surface area contributed by atoms with Gasteiger partial charge in [0.05, 0.1) is 0 Å². The van der Waals surface area contributed by atoms with E-state index in [1.54, 1.807) is 30.3 Å². The second kappa shape index (κ2) is 7.47.